The smallest absolute Gasteiger partial charge is 0.331 e. The summed E-state index contributed by atoms with van der Waals surface area (Å²) in [7, 11) is 1.57. The van der Waals surface area contributed by atoms with Gasteiger partial charge in [0, 0.05) is 24.8 Å². The predicted molar refractivity (Wildman–Crippen MR) is 64.7 cm³/mol. The van der Waals surface area contributed by atoms with Gasteiger partial charge < -0.3 is 14.7 Å². The molecule has 5 nitrogen and oxygen atoms in total. The first-order valence-electron chi connectivity index (χ1n) is 5.57. The van der Waals surface area contributed by atoms with Crippen LogP contribution in [-0.4, -0.2) is 48.2 Å². The van der Waals surface area contributed by atoms with Crippen molar-refractivity contribution in [1.29, 1.82) is 0 Å². The number of nitrogens with zero attached hydrogens (tertiary/aromatic N) is 1. The summed E-state index contributed by atoms with van der Waals surface area (Å²) in [5, 5.41) is 8.84. The van der Waals surface area contributed by atoms with E-state index >= 15 is 0 Å². The third kappa shape index (κ3) is 4.19. The third-order valence-corrected chi connectivity index (χ3v) is 2.75. The largest absolute Gasteiger partial charge is 0.478 e. The number of hydrogen-bond donors (Lipinski definition) is 1. The number of rotatable bonds is 6. The van der Waals surface area contributed by atoms with Gasteiger partial charge in [0.15, 0.2) is 0 Å². The van der Waals surface area contributed by atoms with Gasteiger partial charge in [-0.1, -0.05) is 0 Å². The summed E-state index contributed by atoms with van der Waals surface area (Å²) >= 11 is 0. The molecule has 0 fully saturated rings. The van der Waals surface area contributed by atoms with E-state index in [1.165, 1.54) is 13.8 Å². The Balaban J connectivity index is 5.00. The van der Waals surface area contributed by atoms with Crippen molar-refractivity contribution in [2.75, 3.05) is 20.3 Å². The number of carbonyl (C=O) groups excluding carboxylic acids is 1. The third-order valence-electron chi connectivity index (χ3n) is 2.75. The Kier molecular flexibility index (Phi) is 6.50. The minimum Gasteiger partial charge on any atom is -0.478 e. The molecule has 0 aromatic heterocycles. The van der Waals surface area contributed by atoms with Crippen LogP contribution in [0.1, 0.15) is 27.7 Å². The fourth-order valence-electron chi connectivity index (χ4n) is 1.52. The van der Waals surface area contributed by atoms with Crippen molar-refractivity contribution in [3.8, 4) is 0 Å². The molecule has 0 aromatic rings. The molecule has 0 saturated carbocycles. The molecular formula is C12H21NO4. The zero-order chi connectivity index (χ0) is 13.6. The second kappa shape index (κ2) is 7.06. The number of carbonyl (C=O) groups is 2. The Morgan fingerprint density at radius 2 is 1.82 bits per heavy atom. The Morgan fingerprint density at radius 3 is 2.18 bits per heavy atom. The molecule has 0 aromatic carbocycles. The van der Waals surface area contributed by atoms with Gasteiger partial charge in [-0.25, -0.2) is 4.79 Å². The average molecular weight is 243 g/mol. The highest BCUT2D eigenvalue weighted by Gasteiger charge is 2.22. The van der Waals surface area contributed by atoms with Crippen LogP contribution in [0, 0.1) is 0 Å². The van der Waals surface area contributed by atoms with E-state index in [0.717, 1.165) is 0 Å². The molecular weight excluding hydrogens is 222 g/mol. The lowest BCUT2D eigenvalue weighted by Gasteiger charge is -2.28. The quantitative estimate of drug-likeness (QED) is 0.714. The van der Waals surface area contributed by atoms with E-state index in [1.54, 1.807) is 12.0 Å². The maximum Gasteiger partial charge on any atom is 0.331 e. The fourth-order valence-corrected chi connectivity index (χ4v) is 1.52. The molecule has 0 rings (SSSR count). The second-order valence-corrected chi connectivity index (χ2v) is 3.95. The lowest BCUT2D eigenvalue weighted by Crippen LogP contribution is -2.41. The van der Waals surface area contributed by atoms with Gasteiger partial charge in [-0.2, -0.15) is 0 Å². The Bertz CT molecular complexity index is 322. The number of aliphatic carboxylic acids is 1. The summed E-state index contributed by atoms with van der Waals surface area (Å²) < 4.78 is 5.00. The molecule has 17 heavy (non-hydrogen) atoms. The van der Waals surface area contributed by atoms with Crippen LogP contribution in [0.3, 0.4) is 0 Å². The predicted octanol–water partition coefficient (Wildman–Crippen LogP) is 1.29. The number of hydrogen-bond acceptors (Lipinski definition) is 3. The normalized spacial score (nSPS) is 13.9. The number of methoxy groups -OCH3 is 1. The summed E-state index contributed by atoms with van der Waals surface area (Å²) in [5.41, 5.74) is 0.348. The van der Waals surface area contributed by atoms with Gasteiger partial charge >= 0.3 is 5.97 Å². The number of amides is 1. The molecule has 0 radical (unpaired) electrons. The monoisotopic (exact) mass is 243 g/mol. The van der Waals surface area contributed by atoms with Crippen LogP contribution in [0.2, 0.25) is 0 Å². The molecule has 1 N–H and O–H groups in total. The van der Waals surface area contributed by atoms with Crippen LogP contribution in [0.25, 0.3) is 0 Å². The lowest BCUT2D eigenvalue weighted by molar-refractivity contribution is -0.134. The molecule has 0 aliphatic carbocycles. The Labute approximate surface area is 102 Å². The number of likely N-dealkylation sites (N-methyl/N-ethyl adjacent to an activating group) is 1. The van der Waals surface area contributed by atoms with Crippen molar-refractivity contribution < 1.29 is 19.4 Å². The van der Waals surface area contributed by atoms with E-state index in [1.807, 2.05) is 13.8 Å². The highest BCUT2D eigenvalue weighted by atomic mass is 16.5. The number of carboxylic acid groups (broad SMARTS) is 1. The second-order valence-electron chi connectivity index (χ2n) is 3.95. The minimum absolute atomic E-state index is 0.0750. The first-order chi connectivity index (χ1) is 7.86. The molecule has 0 aliphatic rings. The maximum atomic E-state index is 12.1. The molecule has 0 saturated heterocycles. The van der Waals surface area contributed by atoms with E-state index in [9.17, 15) is 9.59 Å². The SMILES string of the molecule is CCN(C(=O)C(C)=C(C)C(=O)O)C(C)COC. The van der Waals surface area contributed by atoms with Crippen molar-refractivity contribution in [3.63, 3.8) is 0 Å². The van der Waals surface area contributed by atoms with E-state index in [0.29, 0.717) is 13.2 Å². The van der Waals surface area contributed by atoms with Gasteiger partial charge in [-0.05, 0) is 27.7 Å². The van der Waals surface area contributed by atoms with Gasteiger partial charge in [0.05, 0.1) is 12.6 Å². The molecule has 0 spiro atoms. The van der Waals surface area contributed by atoms with Crippen molar-refractivity contribution in [3.05, 3.63) is 11.1 Å². The average Bonchev–Trinajstić information content (AvgIpc) is 2.28. The molecule has 1 unspecified atom stereocenters. The van der Waals surface area contributed by atoms with Gasteiger partial charge in [0.2, 0.25) is 5.91 Å². The topological polar surface area (TPSA) is 66.8 Å². The van der Waals surface area contributed by atoms with E-state index in [2.05, 4.69) is 0 Å². The van der Waals surface area contributed by atoms with Crippen molar-refractivity contribution in [2.45, 2.75) is 33.7 Å². The Morgan fingerprint density at radius 1 is 1.29 bits per heavy atom. The van der Waals surface area contributed by atoms with Gasteiger partial charge in [-0.15, -0.1) is 0 Å². The molecule has 0 bridgehead atoms. The molecule has 0 heterocycles. The molecule has 98 valence electrons. The Hall–Kier alpha value is -1.36. The summed E-state index contributed by atoms with van der Waals surface area (Å²) in [6.45, 7) is 7.65. The van der Waals surface area contributed by atoms with Crippen LogP contribution in [0.5, 0.6) is 0 Å². The molecule has 0 aliphatic heterocycles. The molecule has 5 heteroatoms. The summed E-state index contributed by atoms with van der Waals surface area (Å²) in [6, 6.07) is -0.0750. The zero-order valence-electron chi connectivity index (χ0n) is 11.1. The standard InChI is InChI=1S/C12H21NO4/c1-6-13(8(2)7-17-5)11(14)9(3)10(4)12(15)16/h8H,6-7H2,1-5H3,(H,15,16). The summed E-state index contributed by atoms with van der Waals surface area (Å²) in [5.74, 6) is -1.32. The van der Waals surface area contributed by atoms with Gasteiger partial charge in [-0.3, -0.25) is 4.79 Å². The van der Waals surface area contributed by atoms with E-state index in [-0.39, 0.29) is 23.1 Å². The zero-order valence-corrected chi connectivity index (χ0v) is 11.1. The van der Waals surface area contributed by atoms with Gasteiger partial charge in [0.25, 0.3) is 0 Å². The number of ether oxygens (including phenoxy) is 1. The summed E-state index contributed by atoms with van der Waals surface area (Å²) in [6.07, 6.45) is 0. The molecule has 1 amide bonds. The van der Waals surface area contributed by atoms with E-state index < -0.39 is 5.97 Å². The van der Waals surface area contributed by atoms with Crippen LogP contribution < -0.4 is 0 Å². The summed E-state index contributed by atoms with van der Waals surface area (Å²) in [4.78, 5) is 24.5. The van der Waals surface area contributed by atoms with E-state index in [4.69, 9.17) is 9.84 Å². The fraction of sp³-hybridized carbons (Fsp3) is 0.667. The van der Waals surface area contributed by atoms with Gasteiger partial charge in [0.1, 0.15) is 0 Å². The number of carboxylic acids is 1. The molecule has 1 atom stereocenters. The van der Waals surface area contributed by atoms with Crippen molar-refractivity contribution in [2.24, 2.45) is 0 Å². The highest BCUT2D eigenvalue weighted by molar-refractivity contribution is 6.01. The van der Waals surface area contributed by atoms with Crippen LogP contribution in [0.4, 0.5) is 0 Å². The first kappa shape index (κ1) is 15.6. The van der Waals surface area contributed by atoms with Crippen LogP contribution in [-0.2, 0) is 14.3 Å². The minimum atomic E-state index is -1.06. The van der Waals surface area contributed by atoms with Crippen LogP contribution >= 0.6 is 0 Å². The van der Waals surface area contributed by atoms with Crippen molar-refractivity contribution in [1.82, 2.24) is 4.90 Å². The van der Waals surface area contributed by atoms with Crippen LogP contribution in [0.15, 0.2) is 11.1 Å². The maximum absolute atomic E-state index is 12.1. The lowest BCUT2D eigenvalue weighted by atomic mass is 10.1. The first-order valence-corrected chi connectivity index (χ1v) is 5.57. The van der Waals surface area contributed by atoms with Crippen molar-refractivity contribution >= 4 is 11.9 Å². The highest BCUT2D eigenvalue weighted by Crippen LogP contribution is 2.11.